The summed E-state index contributed by atoms with van der Waals surface area (Å²) in [6, 6.07) is 0. The Labute approximate surface area is 65.3 Å². The topological polar surface area (TPSA) is 87.0 Å². The molecule has 0 fully saturated rings. The molecule has 0 rings (SSSR count). The van der Waals surface area contributed by atoms with Crippen molar-refractivity contribution in [1.82, 2.24) is 0 Å². The van der Waals surface area contributed by atoms with E-state index in [0.717, 1.165) is 13.2 Å². The molecule has 6 heteroatoms. The zero-order valence-electron chi connectivity index (χ0n) is 6.02. The van der Waals surface area contributed by atoms with E-state index in [1.165, 1.54) is 0 Å². The zero-order valence-corrected chi connectivity index (χ0v) is 8.57. The van der Waals surface area contributed by atoms with Crippen molar-refractivity contribution in [2.24, 2.45) is 0 Å². The molecule has 0 spiro atoms. The number of hydrogen-bond acceptors (Lipinski definition) is 2. The maximum atomic E-state index is 8.97. The van der Waals surface area contributed by atoms with Crippen molar-refractivity contribution < 1.29 is 17.9 Å². The number of rotatable bonds is 2. The van der Waals surface area contributed by atoms with E-state index in [-0.39, 0.29) is 0 Å². The molecule has 0 aromatic rings. The standard InChI is InChI=1S/C4H10O.3H2O.O.Sb/c1-3-5-4-2;;;;;/h3-4H2,1-2H3;3*1H2;;/q;;;;;+3/p-3. The van der Waals surface area contributed by atoms with Crippen LogP contribution in [-0.4, -0.2) is 43.4 Å². The van der Waals surface area contributed by atoms with E-state index < -0.39 is 20.1 Å². The first kappa shape index (κ1) is 13.1. The SMILES string of the molecule is CCOCC.[O]=[Sb]([OH])([OH])[OH]. The summed E-state index contributed by atoms with van der Waals surface area (Å²) in [6.45, 7) is 5.67. The molecule has 0 aromatic carbocycles. The summed E-state index contributed by atoms with van der Waals surface area (Å²) in [6.07, 6.45) is 0. The van der Waals surface area contributed by atoms with E-state index in [4.69, 9.17) is 17.9 Å². The van der Waals surface area contributed by atoms with Crippen molar-refractivity contribution in [3.05, 3.63) is 0 Å². The van der Waals surface area contributed by atoms with Crippen LogP contribution in [-0.2, 0) is 7.75 Å². The van der Waals surface area contributed by atoms with Crippen molar-refractivity contribution >= 4 is 20.1 Å². The summed E-state index contributed by atoms with van der Waals surface area (Å²) in [5.74, 6) is 0. The van der Waals surface area contributed by atoms with Crippen LogP contribution in [0.4, 0.5) is 0 Å². The summed E-state index contributed by atoms with van der Waals surface area (Å²) < 4.78 is 35.6. The van der Waals surface area contributed by atoms with E-state index >= 15 is 0 Å². The Morgan fingerprint density at radius 1 is 1.20 bits per heavy atom. The Morgan fingerprint density at radius 2 is 1.40 bits per heavy atom. The van der Waals surface area contributed by atoms with Crippen LogP contribution in [0.2, 0.25) is 0 Å². The van der Waals surface area contributed by atoms with Crippen LogP contribution in [0.5, 0.6) is 0 Å². The van der Waals surface area contributed by atoms with E-state index in [0.29, 0.717) is 0 Å². The van der Waals surface area contributed by atoms with Gasteiger partial charge in [0.1, 0.15) is 0 Å². The van der Waals surface area contributed by atoms with Crippen molar-refractivity contribution in [3.8, 4) is 0 Å². The average Bonchev–Trinajstić information content (AvgIpc) is 1.63. The quantitative estimate of drug-likeness (QED) is 0.549. The van der Waals surface area contributed by atoms with Gasteiger partial charge in [0.05, 0.1) is 0 Å². The van der Waals surface area contributed by atoms with E-state index in [2.05, 4.69) is 0 Å². The van der Waals surface area contributed by atoms with Gasteiger partial charge in [0.2, 0.25) is 0 Å². The minimum absolute atomic E-state index is 0.844. The van der Waals surface area contributed by atoms with Gasteiger partial charge in [-0.15, -0.1) is 0 Å². The van der Waals surface area contributed by atoms with E-state index in [9.17, 15) is 0 Å². The Kier molecular flexibility index (Phi) is 9.89. The fraction of sp³-hybridized carbons (Fsp3) is 1.00. The Balaban J connectivity index is 0. The summed E-state index contributed by atoms with van der Waals surface area (Å²) in [7, 11) is 0. The van der Waals surface area contributed by atoms with Gasteiger partial charge in [-0.3, -0.25) is 0 Å². The maximum absolute atomic E-state index is 8.97. The molecule has 0 aliphatic heterocycles. The zero-order chi connectivity index (χ0) is 8.62. The second kappa shape index (κ2) is 7.56. The molecule has 10 heavy (non-hydrogen) atoms. The Hall–Kier alpha value is 0.458. The van der Waals surface area contributed by atoms with Gasteiger partial charge in [-0.2, -0.15) is 0 Å². The normalized spacial score (nSPS) is 10.1. The number of ether oxygens (including phenoxy) is 1. The van der Waals surface area contributed by atoms with Gasteiger partial charge in [0, 0.05) is 13.2 Å². The fourth-order valence-electron chi connectivity index (χ4n) is 0.204. The van der Waals surface area contributed by atoms with Gasteiger partial charge in [-0.25, -0.2) is 0 Å². The third-order valence-corrected chi connectivity index (χ3v) is 0.408. The molecule has 0 unspecified atom stereocenters. The first-order valence-electron chi connectivity index (χ1n) is 2.77. The molecule has 0 aliphatic carbocycles. The van der Waals surface area contributed by atoms with Crippen LogP contribution in [0, 0.1) is 0 Å². The van der Waals surface area contributed by atoms with Gasteiger partial charge >= 0.3 is 33.2 Å². The summed E-state index contributed by atoms with van der Waals surface area (Å²) in [4.78, 5) is 0. The van der Waals surface area contributed by atoms with Crippen molar-refractivity contribution in [2.75, 3.05) is 13.2 Å². The molecule has 0 aliphatic rings. The third-order valence-electron chi connectivity index (χ3n) is 0.408. The first-order valence-corrected chi connectivity index (χ1v) is 7.24. The van der Waals surface area contributed by atoms with Gasteiger partial charge in [-0.05, 0) is 13.8 Å². The third kappa shape index (κ3) is 77.9. The van der Waals surface area contributed by atoms with Crippen LogP contribution in [0.1, 0.15) is 13.8 Å². The molecular formula is C4H13O5Sb. The monoisotopic (exact) mass is 262 g/mol. The van der Waals surface area contributed by atoms with Crippen molar-refractivity contribution in [1.29, 1.82) is 0 Å². The summed E-state index contributed by atoms with van der Waals surface area (Å²) in [5.41, 5.74) is 0. The predicted molar refractivity (Wildman–Crippen MR) is 35.3 cm³/mol. The molecular weight excluding hydrogens is 250 g/mol. The molecule has 0 atom stereocenters. The van der Waals surface area contributed by atoms with Gasteiger partial charge < -0.3 is 4.74 Å². The molecule has 0 amide bonds. The van der Waals surface area contributed by atoms with Crippen LogP contribution in [0.3, 0.4) is 0 Å². The van der Waals surface area contributed by atoms with E-state index in [1.807, 2.05) is 13.8 Å². The summed E-state index contributed by atoms with van der Waals surface area (Å²) in [5, 5.41) is 0. The molecule has 3 N–H and O–H groups in total. The van der Waals surface area contributed by atoms with Crippen molar-refractivity contribution in [3.63, 3.8) is 0 Å². The molecule has 5 nitrogen and oxygen atoms in total. The van der Waals surface area contributed by atoms with Crippen molar-refractivity contribution in [2.45, 2.75) is 13.8 Å². The Bertz CT molecular complexity index is 87.6. The second-order valence-corrected chi connectivity index (χ2v) is 4.22. The summed E-state index contributed by atoms with van der Waals surface area (Å²) >= 11 is -5.35. The number of hydrogen-bond donors (Lipinski definition) is 3. The van der Waals surface area contributed by atoms with Gasteiger partial charge in [-0.1, -0.05) is 0 Å². The van der Waals surface area contributed by atoms with Crippen LogP contribution in [0.15, 0.2) is 0 Å². The predicted octanol–water partition coefficient (Wildman–Crippen LogP) is -1.13. The average molecular weight is 263 g/mol. The Morgan fingerprint density at radius 3 is 1.40 bits per heavy atom. The minimum atomic E-state index is -5.35. The second-order valence-electron chi connectivity index (χ2n) is 1.29. The molecule has 0 radical (unpaired) electrons. The first-order chi connectivity index (χ1) is 4.41. The van der Waals surface area contributed by atoms with Gasteiger partial charge in [0.25, 0.3) is 0 Å². The molecule has 0 heterocycles. The van der Waals surface area contributed by atoms with Crippen LogP contribution >= 0.6 is 0 Å². The van der Waals surface area contributed by atoms with E-state index in [1.54, 1.807) is 0 Å². The molecule has 64 valence electrons. The molecule has 0 aromatic heterocycles. The van der Waals surface area contributed by atoms with Gasteiger partial charge in [0.15, 0.2) is 0 Å². The van der Waals surface area contributed by atoms with Crippen LogP contribution in [0.25, 0.3) is 0 Å². The molecule has 0 saturated carbocycles. The fourth-order valence-corrected chi connectivity index (χ4v) is 0.204. The molecule has 0 bridgehead atoms. The van der Waals surface area contributed by atoms with Crippen LogP contribution < -0.4 is 0 Å². The molecule has 0 saturated heterocycles.